The van der Waals surface area contributed by atoms with Crippen LogP contribution in [0.3, 0.4) is 0 Å². The molecule has 4 nitrogen and oxygen atoms in total. The van der Waals surface area contributed by atoms with E-state index in [1.807, 2.05) is 38.2 Å². The molecular formula is C17H29ClN2O2. The average Bonchev–Trinajstić information content (AvgIpc) is 2.51. The molecule has 0 aromatic heterocycles. The summed E-state index contributed by atoms with van der Waals surface area (Å²) in [5, 5.41) is 3.28. The van der Waals surface area contributed by atoms with Crippen molar-refractivity contribution in [3.63, 3.8) is 0 Å². The predicted molar refractivity (Wildman–Crippen MR) is 93.4 cm³/mol. The summed E-state index contributed by atoms with van der Waals surface area (Å²) in [5.74, 6) is 2.53. The molecule has 126 valence electrons. The first-order valence-corrected chi connectivity index (χ1v) is 8.05. The van der Waals surface area contributed by atoms with Crippen LogP contribution in [0, 0.1) is 5.92 Å². The molecular weight excluding hydrogens is 300 g/mol. The molecule has 1 heterocycles. The summed E-state index contributed by atoms with van der Waals surface area (Å²) in [7, 11) is 2.04. The lowest BCUT2D eigenvalue weighted by molar-refractivity contribution is 0.152. The number of benzene rings is 1. The fourth-order valence-corrected chi connectivity index (χ4v) is 2.83. The van der Waals surface area contributed by atoms with Crippen molar-refractivity contribution in [3.05, 3.63) is 24.3 Å². The van der Waals surface area contributed by atoms with Crippen molar-refractivity contribution < 1.29 is 9.47 Å². The lowest BCUT2D eigenvalue weighted by Gasteiger charge is -2.31. The van der Waals surface area contributed by atoms with E-state index in [2.05, 4.69) is 10.2 Å². The van der Waals surface area contributed by atoms with E-state index in [9.17, 15) is 0 Å². The zero-order valence-electron chi connectivity index (χ0n) is 13.7. The van der Waals surface area contributed by atoms with Crippen LogP contribution in [0.2, 0.25) is 0 Å². The Bertz CT molecular complexity index is 409. The minimum atomic E-state index is 0. The first kappa shape index (κ1) is 19.1. The number of ether oxygens (including phenoxy) is 2. The molecule has 1 aliphatic rings. The Hall–Kier alpha value is -0.970. The van der Waals surface area contributed by atoms with Gasteiger partial charge in [-0.15, -0.1) is 12.4 Å². The predicted octanol–water partition coefficient (Wildman–Crippen LogP) is 2.82. The van der Waals surface area contributed by atoms with Gasteiger partial charge in [-0.25, -0.2) is 0 Å². The van der Waals surface area contributed by atoms with E-state index in [0.717, 1.165) is 37.1 Å². The van der Waals surface area contributed by atoms with Crippen molar-refractivity contribution in [3.8, 4) is 11.5 Å². The SMILES string of the molecule is CCOc1ccccc1OCCN1CCC(CNC)CC1.Cl. The second kappa shape index (κ2) is 10.7. The van der Waals surface area contributed by atoms with Crippen LogP contribution < -0.4 is 14.8 Å². The van der Waals surface area contributed by atoms with Gasteiger partial charge in [0.1, 0.15) is 6.61 Å². The zero-order valence-corrected chi connectivity index (χ0v) is 14.5. The Morgan fingerprint density at radius 2 is 1.77 bits per heavy atom. The number of likely N-dealkylation sites (tertiary alicyclic amines) is 1. The van der Waals surface area contributed by atoms with Crippen LogP contribution >= 0.6 is 12.4 Å². The Morgan fingerprint density at radius 1 is 1.14 bits per heavy atom. The van der Waals surface area contributed by atoms with Crippen molar-refractivity contribution in [1.29, 1.82) is 0 Å². The zero-order chi connectivity index (χ0) is 14.9. The highest BCUT2D eigenvalue weighted by Gasteiger charge is 2.18. The van der Waals surface area contributed by atoms with E-state index in [1.165, 1.54) is 25.9 Å². The highest BCUT2D eigenvalue weighted by molar-refractivity contribution is 5.85. The standard InChI is InChI=1S/C17H28N2O2.ClH/c1-3-20-16-6-4-5-7-17(16)21-13-12-19-10-8-15(9-11-19)14-18-2;/h4-7,15,18H,3,8-14H2,1-2H3;1H. The van der Waals surface area contributed by atoms with E-state index >= 15 is 0 Å². The largest absolute Gasteiger partial charge is 0.490 e. The maximum Gasteiger partial charge on any atom is 0.161 e. The molecule has 0 saturated carbocycles. The van der Waals surface area contributed by atoms with Gasteiger partial charge in [-0.1, -0.05) is 12.1 Å². The number of nitrogens with one attached hydrogen (secondary N) is 1. The van der Waals surface area contributed by atoms with Gasteiger partial charge in [0, 0.05) is 6.54 Å². The molecule has 0 amide bonds. The molecule has 22 heavy (non-hydrogen) atoms. The fraction of sp³-hybridized carbons (Fsp3) is 0.647. The molecule has 0 aliphatic carbocycles. The van der Waals surface area contributed by atoms with E-state index in [4.69, 9.17) is 9.47 Å². The summed E-state index contributed by atoms with van der Waals surface area (Å²) < 4.78 is 11.5. The summed E-state index contributed by atoms with van der Waals surface area (Å²) in [5.41, 5.74) is 0. The highest BCUT2D eigenvalue weighted by atomic mass is 35.5. The molecule has 0 atom stereocenters. The minimum absolute atomic E-state index is 0. The van der Waals surface area contributed by atoms with Crippen LogP contribution in [0.15, 0.2) is 24.3 Å². The number of halogens is 1. The van der Waals surface area contributed by atoms with Gasteiger partial charge in [-0.2, -0.15) is 0 Å². The third-order valence-corrected chi connectivity index (χ3v) is 4.01. The van der Waals surface area contributed by atoms with Crippen molar-refractivity contribution in [1.82, 2.24) is 10.2 Å². The molecule has 5 heteroatoms. The molecule has 1 aromatic rings. The van der Waals surface area contributed by atoms with Gasteiger partial charge < -0.3 is 14.8 Å². The first-order valence-electron chi connectivity index (χ1n) is 8.05. The monoisotopic (exact) mass is 328 g/mol. The third kappa shape index (κ3) is 6.03. The van der Waals surface area contributed by atoms with E-state index in [0.29, 0.717) is 6.61 Å². The Labute approximate surface area is 140 Å². The van der Waals surface area contributed by atoms with Crippen LogP contribution in [0.25, 0.3) is 0 Å². The summed E-state index contributed by atoms with van der Waals surface area (Å²) in [4.78, 5) is 2.50. The van der Waals surface area contributed by atoms with E-state index in [-0.39, 0.29) is 12.4 Å². The Kier molecular flexibility index (Phi) is 9.28. The molecule has 0 unspecified atom stereocenters. The summed E-state index contributed by atoms with van der Waals surface area (Å²) in [6.45, 7) is 7.89. The van der Waals surface area contributed by atoms with Gasteiger partial charge in [-0.3, -0.25) is 4.90 Å². The van der Waals surface area contributed by atoms with Crippen LogP contribution in [0.1, 0.15) is 19.8 Å². The van der Waals surface area contributed by atoms with E-state index in [1.54, 1.807) is 0 Å². The summed E-state index contributed by atoms with van der Waals surface area (Å²) in [6.07, 6.45) is 2.58. The number of hydrogen-bond donors (Lipinski definition) is 1. The molecule has 1 saturated heterocycles. The number of para-hydroxylation sites is 2. The Balaban J connectivity index is 0.00000242. The lowest BCUT2D eigenvalue weighted by atomic mass is 9.97. The van der Waals surface area contributed by atoms with Crippen LogP contribution in [0.4, 0.5) is 0 Å². The second-order valence-electron chi connectivity index (χ2n) is 5.57. The van der Waals surface area contributed by atoms with Crippen molar-refractivity contribution in [2.75, 3.05) is 46.4 Å². The van der Waals surface area contributed by atoms with Gasteiger partial charge in [0.25, 0.3) is 0 Å². The quantitative estimate of drug-likeness (QED) is 0.795. The Morgan fingerprint density at radius 3 is 2.36 bits per heavy atom. The first-order chi connectivity index (χ1) is 10.3. The molecule has 0 spiro atoms. The molecule has 1 aromatic carbocycles. The summed E-state index contributed by atoms with van der Waals surface area (Å²) in [6, 6.07) is 7.90. The van der Waals surface area contributed by atoms with Gasteiger partial charge >= 0.3 is 0 Å². The number of nitrogens with zero attached hydrogens (tertiary/aromatic N) is 1. The molecule has 1 aliphatic heterocycles. The second-order valence-corrected chi connectivity index (χ2v) is 5.57. The summed E-state index contributed by atoms with van der Waals surface area (Å²) >= 11 is 0. The molecule has 2 rings (SSSR count). The van der Waals surface area contributed by atoms with Crippen LogP contribution in [-0.2, 0) is 0 Å². The topological polar surface area (TPSA) is 33.7 Å². The number of hydrogen-bond acceptors (Lipinski definition) is 4. The maximum atomic E-state index is 5.89. The van der Waals surface area contributed by atoms with Crippen molar-refractivity contribution >= 4 is 12.4 Å². The fourth-order valence-electron chi connectivity index (χ4n) is 2.83. The molecule has 1 fully saturated rings. The molecule has 1 N–H and O–H groups in total. The van der Waals surface area contributed by atoms with Crippen LogP contribution in [0.5, 0.6) is 11.5 Å². The van der Waals surface area contributed by atoms with Crippen molar-refractivity contribution in [2.45, 2.75) is 19.8 Å². The lowest BCUT2D eigenvalue weighted by Crippen LogP contribution is -2.38. The highest BCUT2D eigenvalue weighted by Crippen LogP contribution is 2.26. The molecule has 0 bridgehead atoms. The average molecular weight is 329 g/mol. The van der Waals surface area contributed by atoms with Gasteiger partial charge in [-0.05, 0) is 64.5 Å². The smallest absolute Gasteiger partial charge is 0.161 e. The van der Waals surface area contributed by atoms with Gasteiger partial charge in [0.05, 0.1) is 6.61 Å². The van der Waals surface area contributed by atoms with Crippen molar-refractivity contribution in [2.24, 2.45) is 5.92 Å². The third-order valence-electron chi connectivity index (χ3n) is 4.01. The minimum Gasteiger partial charge on any atom is -0.490 e. The molecule has 0 radical (unpaired) electrons. The normalized spacial score (nSPS) is 16.1. The van der Waals surface area contributed by atoms with Gasteiger partial charge in [0.2, 0.25) is 0 Å². The van der Waals surface area contributed by atoms with E-state index < -0.39 is 0 Å². The number of piperidine rings is 1. The number of rotatable bonds is 8. The maximum absolute atomic E-state index is 5.89. The van der Waals surface area contributed by atoms with Crippen LogP contribution in [-0.4, -0.2) is 51.3 Å². The van der Waals surface area contributed by atoms with Gasteiger partial charge in [0.15, 0.2) is 11.5 Å².